The van der Waals surface area contributed by atoms with Crippen LogP contribution in [0.2, 0.25) is 19.1 Å². The predicted octanol–water partition coefficient (Wildman–Crippen LogP) is 1.71. The highest BCUT2D eigenvalue weighted by Gasteiger charge is 2.36. The van der Waals surface area contributed by atoms with E-state index < -0.39 is 14.1 Å². The molecule has 1 atom stereocenters. The van der Waals surface area contributed by atoms with Crippen molar-refractivity contribution in [2.75, 3.05) is 0 Å². The average Bonchev–Trinajstić information content (AvgIpc) is 1.56. The van der Waals surface area contributed by atoms with Gasteiger partial charge in [-0.1, -0.05) is 0 Å². The molecule has 0 aromatic carbocycles. The molecule has 1 aliphatic rings. The lowest BCUT2D eigenvalue weighted by atomic mass is 10.2. The Kier molecular flexibility index (Phi) is 1.91. The van der Waals surface area contributed by atoms with Gasteiger partial charge in [0, 0.05) is 0 Å². The van der Waals surface area contributed by atoms with Crippen LogP contribution in [0.4, 0.5) is 0 Å². The molecule has 1 N–H and O–H groups in total. The smallest absolute Gasteiger partial charge is 0.190 e. The topological polar surface area (TPSA) is 29.5 Å². The zero-order valence-corrected chi connectivity index (χ0v) is 7.98. The minimum atomic E-state index is -1.48. The summed E-state index contributed by atoms with van der Waals surface area (Å²) in [6.45, 7) is 6.07. The number of rotatable bonds is 0. The summed E-state index contributed by atoms with van der Waals surface area (Å²) in [5, 5.41) is 9.52. The van der Waals surface area contributed by atoms with E-state index in [0.717, 1.165) is 12.8 Å². The van der Waals surface area contributed by atoms with Crippen LogP contribution >= 0.6 is 0 Å². The van der Waals surface area contributed by atoms with Gasteiger partial charge in [-0.25, -0.2) is 0 Å². The minimum absolute atomic E-state index is 0.795. The van der Waals surface area contributed by atoms with Crippen molar-refractivity contribution in [2.24, 2.45) is 0 Å². The van der Waals surface area contributed by atoms with E-state index in [9.17, 15) is 5.11 Å². The van der Waals surface area contributed by atoms with E-state index in [2.05, 4.69) is 13.1 Å². The molecule has 1 aliphatic heterocycles. The van der Waals surface area contributed by atoms with Crippen LogP contribution in [0.15, 0.2) is 0 Å². The lowest BCUT2D eigenvalue weighted by molar-refractivity contribution is -0.142. The van der Waals surface area contributed by atoms with Crippen molar-refractivity contribution in [3.8, 4) is 0 Å². The first-order valence-electron chi connectivity index (χ1n) is 3.84. The van der Waals surface area contributed by atoms with Crippen LogP contribution in [0.1, 0.15) is 19.8 Å². The summed E-state index contributed by atoms with van der Waals surface area (Å²) < 4.78 is 5.56. The molecule has 0 aliphatic carbocycles. The lowest BCUT2D eigenvalue weighted by Crippen LogP contribution is -2.46. The number of hydrogen-bond acceptors (Lipinski definition) is 2. The number of aliphatic hydroxyl groups is 1. The van der Waals surface area contributed by atoms with Crippen LogP contribution in [0.25, 0.3) is 0 Å². The summed E-state index contributed by atoms with van der Waals surface area (Å²) in [4.78, 5) is 0. The molecule has 0 spiro atoms. The summed E-state index contributed by atoms with van der Waals surface area (Å²) in [7, 11) is -1.48. The van der Waals surface area contributed by atoms with Crippen molar-refractivity contribution in [3.05, 3.63) is 0 Å². The predicted molar refractivity (Wildman–Crippen MR) is 43.2 cm³/mol. The third-order valence-corrected chi connectivity index (χ3v) is 4.47. The molecule has 0 aromatic heterocycles. The fourth-order valence-corrected chi connectivity index (χ4v) is 3.96. The number of hydrogen-bond donors (Lipinski definition) is 1. The molecular formula is C7H16O2Si. The Morgan fingerprint density at radius 1 is 1.50 bits per heavy atom. The van der Waals surface area contributed by atoms with Crippen LogP contribution in [0.3, 0.4) is 0 Å². The molecule has 10 heavy (non-hydrogen) atoms. The Bertz CT molecular complexity index is 118. The maximum atomic E-state index is 9.52. The molecule has 3 heteroatoms. The summed E-state index contributed by atoms with van der Waals surface area (Å²) in [5.74, 6) is -0.825. The largest absolute Gasteiger partial charge is 0.391 e. The molecular weight excluding hydrogens is 144 g/mol. The fraction of sp³-hybridized carbons (Fsp3) is 1.00. The van der Waals surface area contributed by atoms with E-state index in [1.54, 1.807) is 6.92 Å². The lowest BCUT2D eigenvalue weighted by Gasteiger charge is -2.38. The molecule has 0 amide bonds. The summed E-state index contributed by atoms with van der Waals surface area (Å²) in [5.41, 5.74) is 0. The molecule has 1 rings (SSSR count). The van der Waals surface area contributed by atoms with Crippen molar-refractivity contribution in [3.63, 3.8) is 0 Å². The van der Waals surface area contributed by atoms with Crippen molar-refractivity contribution in [1.29, 1.82) is 0 Å². The minimum Gasteiger partial charge on any atom is -0.391 e. The second-order valence-electron chi connectivity index (χ2n) is 3.89. The first-order valence-corrected chi connectivity index (χ1v) is 6.95. The van der Waals surface area contributed by atoms with Crippen LogP contribution < -0.4 is 0 Å². The molecule has 1 heterocycles. The van der Waals surface area contributed by atoms with Gasteiger partial charge in [0.25, 0.3) is 0 Å². The average molecular weight is 160 g/mol. The van der Waals surface area contributed by atoms with Gasteiger partial charge in [-0.2, -0.15) is 0 Å². The Labute approximate surface area is 63.3 Å². The third-order valence-electron chi connectivity index (χ3n) is 1.92. The Morgan fingerprint density at radius 3 is 2.40 bits per heavy atom. The van der Waals surface area contributed by atoms with Gasteiger partial charge < -0.3 is 9.53 Å². The molecule has 1 fully saturated rings. The van der Waals surface area contributed by atoms with E-state index in [-0.39, 0.29) is 0 Å². The van der Waals surface area contributed by atoms with Crippen molar-refractivity contribution >= 4 is 8.32 Å². The Morgan fingerprint density at radius 2 is 2.10 bits per heavy atom. The summed E-state index contributed by atoms with van der Waals surface area (Å²) in [6.07, 6.45) is 1.91. The van der Waals surface area contributed by atoms with E-state index in [4.69, 9.17) is 4.43 Å². The molecule has 0 aromatic rings. The maximum absolute atomic E-state index is 9.52. The highest BCUT2D eigenvalue weighted by atomic mass is 28.4. The van der Waals surface area contributed by atoms with Gasteiger partial charge >= 0.3 is 0 Å². The third kappa shape index (κ3) is 2.07. The van der Waals surface area contributed by atoms with E-state index in [0.29, 0.717) is 0 Å². The van der Waals surface area contributed by atoms with Gasteiger partial charge in [-0.3, -0.25) is 0 Å². The molecule has 2 nitrogen and oxygen atoms in total. The summed E-state index contributed by atoms with van der Waals surface area (Å²) >= 11 is 0. The van der Waals surface area contributed by atoms with Gasteiger partial charge in [0.15, 0.2) is 14.1 Å². The second kappa shape index (κ2) is 2.32. The van der Waals surface area contributed by atoms with Crippen molar-refractivity contribution < 1.29 is 9.53 Å². The Hall–Kier alpha value is 0.137. The second-order valence-corrected chi connectivity index (χ2v) is 8.11. The van der Waals surface area contributed by atoms with Crippen molar-refractivity contribution in [2.45, 2.75) is 44.7 Å². The molecule has 0 radical (unpaired) electrons. The molecule has 1 saturated heterocycles. The zero-order valence-electron chi connectivity index (χ0n) is 6.98. The van der Waals surface area contributed by atoms with Gasteiger partial charge in [0.1, 0.15) is 0 Å². The van der Waals surface area contributed by atoms with Crippen LogP contribution in [-0.4, -0.2) is 19.2 Å². The van der Waals surface area contributed by atoms with Crippen LogP contribution in [-0.2, 0) is 4.43 Å². The van der Waals surface area contributed by atoms with Crippen molar-refractivity contribution in [1.82, 2.24) is 0 Å². The maximum Gasteiger partial charge on any atom is 0.190 e. The molecule has 1 unspecified atom stereocenters. The summed E-state index contributed by atoms with van der Waals surface area (Å²) in [6, 6.07) is 1.18. The first kappa shape index (κ1) is 8.24. The quantitative estimate of drug-likeness (QED) is 0.547. The first-order chi connectivity index (χ1) is 4.41. The standard InChI is InChI=1S/C7H16O2Si/c1-7(8)5-4-6-10(2,3)9-7/h8H,4-6H2,1-3H3. The highest BCUT2D eigenvalue weighted by Crippen LogP contribution is 2.30. The fourth-order valence-electron chi connectivity index (χ4n) is 1.54. The normalized spacial score (nSPS) is 39.6. The molecule has 0 saturated carbocycles. The van der Waals surface area contributed by atoms with Gasteiger partial charge in [-0.15, -0.1) is 0 Å². The zero-order chi connectivity index (χ0) is 7.83. The van der Waals surface area contributed by atoms with Gasteiger partial charge in [0.2, 0.25) is 0 Å². The Balaban J connectivity index is 2.56. The van der Waals surface area contributed by atoms with Crippen LogP contribution in [0.5, 0.6) is 0 Å². The van der Waals surface area contributed by atoms with Gasteiger partial charge in [-0.05, 0) is 38.9 Å². The van der Waals surface area contributed by atoms with Crippen LogP contribution in [0, 0.1) is 0 Å². The highest BCUT2D eigenvalue weighted by molar-refractivity contribution is 6.71. The van der Waals surface area contributed by atoms with Gasteiger partial charge in [0.05, 0.1) is 0 Å². The van der Waals surface area contributed by atoms with E-state index >= 15 is 0 Å². The molecule has 0 bridgehead atoms. The van der Waals surface area contributed by atoms with E-state index in [1.165, 1.54) is 6.04 Å². The molecule has 60 valence electrons. The monoisotopic (exact) mass is 160 g/mol. The van der Waals surface area contributed by atoms with E-state index in [1.807, 2.05) is 0 Å². The SMILES string of the molecule is CC1(O)CCC[Si](C)(C)O1.